The molecule has 6 nitrogen and oxygen atoms in total. The number of aromatic nitrogens is 1. The van der Waals surface area contributed by atoms with Gasteiger partial charge >= 0.3 is 0 Å². The number of benzene rings is 2. The third kappa shape index (κ3) is 11.1. The molecule has 0 unspecified atom stereocenters. The van der Waals surface area contributed by atoms with Gasteiger partial charge in [0, 0.05) is 37.9 Å². The van der Waals surface area contributed by atoms with Crippen molar-refractivity contribution in [3.8, 4) is 5.75 Å². The molecule has 0 saturated heterocycles. The molecule has 0 aliphatic rings. The van der Waals surface area contributed by atoms with Crippen molar-refractivity contribution < 1.29 is 14.3 Å². The van der Waals surface area contributed by atoms with Gasteiger partial charge in [0.1, 0.15) is 5.75 Å². The van der Waals surface area contributed by atoms with Gasteiger partial charge in [-0.15, -0.1) is 0 Å². The predicted octanol–water partition coefficient (Wildman–Crippen LogP) is 7.31. The lowest BCUT2D eigenvalue weighted by atomic mass is 10.1. The maximum atomic E-state index is 13.9. The first-order valence-corrected chi connectivity index (χ1v) is 15.3. The molecule has 3 aromatic rings. The minimum atomic E-state index is -0.0222. The normalized spacial score (nSPS) is 11.0. The topological polar surface area (TPSA) is 54.8 Å². The van der Waals surface area contributed by atoms with E-state index in [2.05, 4.69) is 43.7 Å². The van der Waals surface area contributed by atoms with Gasteiger partial charge in [0.15, 0.2) is 0 Å². The molecule has 222 valence electrons. The van der Waals surface area contributed by atoms with Gasteiger partial charge in [0.2, 0.25) is 11.8 Å². The van der Waals surface area contributed by atoms with Crippen molar-refractivity contribution in [2.24, 2.45) is 5.92 Å². The Labute approximate surface area is 247 Å². The van der Waals surface area contributed by atoms with Gasteiger partial charge in [-0.1, -0.05) is 88.9 Å². The molecule has 0 N–H and O–H groups in total. The van der Waals surface area contributed by atoms with Gasteiger partial charge in [-0.3, -0.25) is 9.59 Å². The maximum Gasteiger partial charge on any atom is 0.242 e. The van der Waals surface area contributed by atoms with E-state index in [4.69, 9.17) is 4.74 Å². The molecular formula is C35H49N3O3. The highest BCUT2D eigenvalue weighted by Crippen LogP contribution is 2.18. The first kappa shape index (κ1) is 32.0. The molecule has 0 bridgehead atoms. The van der Waals surface area contributed by atoms with Crippen LogP contribution in [0.15, 0.2) is 72.9 Å². The molecule has 0 aliphatic heterocycles. The second kappa shape index (κ2) is 17.3. The summed E-state index contributed by atoms with van der Waals surface area (Å²) in [5, 5.41) is 0. The number of methoxy groups -OCH3 is 1. The molecule has 0 spiro atoms. The van der Waals surface area contributed by atoms with E-state index in [-0.39, 0.29) is 18.4 Å². The van der Waals surface area contributed by atoms with E-state index in [1.165, 1.54) is 12.8 Å². The van der Waals surface area contributed by atoms with Gasteiger partial charge in [0.25, 0.3) is 0 Å². The van der Waals surface area contributed by atoms with Crippen LogP contribution < -0.4 is 4.74 Å². The van der Waals surface area contributed by atoms with Crippen LogP contribution in [0.1, 0.15) is 82.5 Å². The van der Waals surface area contributed by atoms with Gasteiger partial charge in [-0.25, -0.2) is 0 Å². The highest BCUT2D eigenvalue weighted by Gasteiger charge is 2.23. The number of nitrogens with zero attached hydrogens (tertiary/aromatic N) is 3. The van der Waals surface area contributed by atoms with E-state index >= 15 is 0 Å². The van der Waals surface area contributed by atoms with Crippen LogP contribution in [-0.4, -0.2) is 46.4 Å². The molecule has 6 heteroatoms. The Hall–Kier alpha value is -3.54. The Kier molecular flexibility index (Phi) is 13.5. The lowest BCUT2D eigenvalue weighted by Crippen LogP contribution is -2.43. The molecule has 2 amide bonds. The fraction of sp³-hybridized carbons (Fsp3) is 0.486. The van der Waals surface area contributed by atoms with Crippen LogP contribution >= 0.6 is 0 Å². The molecular weight excluding hydrogens is 510 g/mol. The number of hydrogen-bond acceptors (Lipinski definition) is 3. The Morgan fingerprint density at radius 3 is 2.32 bits per heavy atom. The van der Waals surface area contributed by atoms with Crippen LogP contribution in [-0.2, 0) is 29.2 Å². The molecule has 1 aromatic heterocycles. The van der Waals surface area contributed by atoms with Gasteiger partial charge < -0.3 is 19.1 Å². The predicted molar refractivity (Wildman–Crippen MR) is 167 cm³/mol. The average molecular weight is 560 g/mol. The summed E-state index contributed by atoms with van der Waals surface area (Å²) in [7, 11) is 1.68. The van der Waals surface area contributed by atoms with E-state index in [9.17, 15) is 9.59 Å². The van der Waals surface area contributed by atoms with Crippen LogP contribution in [0.5, 0.6) is 5.75 Å². The van der Waals surface area contributed by atoms with E-state index in [0.29, 0.717) is 38.5 Å². The van der Waals surface area contributed by atoms with Gasteiger partial charge in [-0.2, -0.15) is 0 Å². The van der Waals surface area contributed by atoms with Crippen molar-refractivity contribution in [3.05, 3.63) is 89.7 Å². The first-order valence-electron chi connectivity index (χ1n) is 15.3. The molecule has 0 saturated carbocycles. The van der Waals surface area contributed by atoms with E-state index in [1.807, 2.05) is 59.5 Å². The lowest BCUT2D eigenvalue weighted by molar-refractivity contribution is -0.141. The molecule has 0 aliphatic carbocycles. The number of rotatable bonds is 18. The Morgan fingerprint density at radius 1 is 0.829 bits per heavy atom. The second-order valence-corrected chi connectivity index (χ2v) is 11.4. The zero-order chi connectivity index (χ0) is 29.5. The number of carbonyl (C=O) groups excluding carboxylic acids is 2. The minimum Gasteiger partial charge on any atom is -0.497 e. The summed E-state index contributed by atoms with van der Waals surface area (Å²) < 4.78 is 7.58. The molecule has 0 fully saturated rings. The molecule has 1 heterocycles. The van der Waals surface area contributed by atoms with Crippen LogP contribution in [0.25, 0.3) is 0 Å². The number of hydrogen-bond donors (Lipinski definition) is 0. The van der Waals surface area contributed by atoms with E-state index in [0.717, 1.165) is 48.3 Å². The van der Waals surface area contributed by atoms with Crippen molar-refractivity contribution in [1.29, 1.82) is 0 Å². The lowest BCUT2D eigenvalue weighted by Gasteiger charge is -2.29. The Balaban J connectivity index is 1.76. The number of ether oxygens (including phenoxy) is 1. The molecule has 0 radical (unpaired) electrons. The zero-order valence-electron chi connectivity index (χ0n) is 25.6. The second-order valence-electron chi connectivity index (χ2n) is 11.4. The van der Waals surface area contributed by atoms with E-state index in [1.54, 1.807) is 12.0 Å². The number of amides is 2. The fourth-order valence-electron chi connectivity index (χ4n) is 4.95. The fourth-order valence-corrected chi connectivity index (χ4v) is 4.95. The molecule has 2 aromatic carbocycles. The summed E-state index contributed by atoms with van der Waals surface area (Å²) >= 11 is 0. The minimum absolute atomic E-state index is 0.0222. The highest BCUT2D eigenvalue weighted by atomic mass is 16.5. The summed E-state index contributed by atoms with van der Waals surface area (Å²) in [5.74, 6) is 1.36. The third-order valence-electron chi connectivity index (χ3n) is 7.48. The smallest absolute Gasteiger partial charge is 0.242 e. The average Bonchev–Trinajstić information content (AvgIpc) is 3.41. The van der Waals surface area contributed by atoms with Crippen LogP contribution in [0.3, 0.4) is 0 Å². The van der Waals surface area contributed by atoms with Crippen molar-refractivity contribution in [1.82, 2.24) is 14.4 Å². The quantitative estimate of drug-likeness (QED) is 0.154. The Morgan fingerprint density at radius 2 is 1.59 bits per heavy atom. The standard InChI is InChI=1S/C35H49N3O3/c1-5-6-7-8-12-20-34(39)37(23-21-29(2)3)28-35(40)38(25-30-15-10-9-11-16-30)27-32-18-14-22-36(32)26-31-17-13-19-33(24-31)41-4/h9-11,13-19,22,24,29H,5-8,12,20-21,23,25-28H2,1-4H3. The molecule has 0 atom stereocenters. The summed E-state index contributed by atoms with van der Waals surface area (Å²) in [6.45, 7) is 8.89. The highest BCUT2D eigenvalue weighted by molar-refractivity contribution is 5.84. The van der Waals surface area contributed by atoms with Crippen molar-refractivity contribution >= 4 is 11.8 Å². The first-order chi connectivity index (χ1) is 19.9. The molecule has 3 rings (SSSR count). The SMILES string of the molecule is CCCCCCCC(=O)N(CCC(C)C)CC(=O)N(Cc1ccccc1)Cc1cccn1Cc1cccc(OC)c1. The largest absolute Gasteiger partial charge is 0.497 e. The monoisotopic (exact) mass is 559 g/mol. The van der Waals surface area contributed by atoms with Gasteiger partial charge in [-0.05, 0) is 54.2 Å². The summed E-state index contributed by atoms with van der Waals surface area (Å²) in [6, 6.07) is 22.2. The number of carbonyl (C=O) groups is 2. The Bertz CT molecular complexity index is 1190. The van der Waals surface area contributed by atoms with E-state index < -0.39 is 0 Å². The van der Waals surface area contributed by atoms with Gasteiger partial charge in [0.05, 0.1) is 20.2 Å². The van der Waals surface area contributed by atoms with Crippen LogP contribution in [0.4, 0.5) is 0 Å². The number of unbranched alkanes of at least 4 members (excludes halogenated alkanes) is 4. The van der Waals surface area contributed by atoms with Crippen molar-refractivity contribution in [2.45, 2.75) is 85.4 Å². The van der Waals surface area contributed by atoms with Crippen molar-refractivity contribution in [3.63, 3.8) is 0 Å². The summed E-state index contributed by atoms with van der Waals surface area (Å²) in [5.41, 5.74) is 3.25. The molecule has 41 heavy (non-hydrogen) atoms. The third-order valence-corrected chi connectivity index (χ3v) is 7.48. The van der Waals surface area contributed by atoms with Crippen molar-refractivity contribution in [2.75, 3.05) is 20.2 Å². The summed E-state index contributed by atoms with van der Waals surface area (Å²) in [6.07, 6.45) is 8.95. The zero-order valence-corrected chi connectivity index (χ0v) is 25.6. The summed E-state index contributed by atoms with van der Waals surface area (Å²) in [4.78, 5) is 30.9. The van der Waals surface area contributed by atoms with Crippen LogP contribution in [0, 0.1) is 5.92 Å². The maximum absolute atomic E-state index is 13.9. The van der Waals surface area contributed by atoms with Crippen LogP contribution in [0.2, 0.25) is 0 Å².